The lowest BCUT2D eigenvalue weighted by atomic mass is 9.68. The zero-order valence-electron chi connectivity index (χ0n) is 17.7. The third-order valence-corrected chi connectivity index (χ3v) is 6.56. The predicted molar refractivity (Wildman–Crippen MR) is 118 cm³/mol. The highest BCUT2D eigenvalue weighted by Gasteiger charge is 2.43. The van der Waals surface area contributed by atoms with Gasteiger partial charge in [0.15, 0.2) is 5.78 Å². The molecule has 5 nitrogen and oxygen atoms in total. The van der Waals surface area contributed by atoms with E-state index < -0.39 is 5.92 Å². The molecule has 0 unspecified atom stereocenters. The van der Waals surface area contributed by atoms with Crippen molar-refractivity contribution < 1.29 is 19.1 Å². The first-order valence-electron chi connectivity index (χ1n) is 10.5. The highest BCUT2D eigenvalue weighted by molar-refractivity contribution is 9.10. The van der Waals surface area contributed by atoms with Gasteiger partial charge in [-0.3, -0.25) is 4.79 Å². The summed E-state index contributed by atoms with van der Waals surface area (Å²) in [6.07, 6.45) is 3.10. The Bertz CT molecular complexity index is 940. The smallest absolute Gasteiger partial charge is 0.336 e. The summed E-state index contributed by atoms with van der Waals surface area (Å²) in [4.78, 5) is 26.5. The van der Waals surface area contributed by atoms with Gasteiger partial charge in [0, 0.05) is 40.4 Å². The molecule has 0 amide bonds. The monoisotopic (exact) mass is 473 g/mol. The zero-order valence-corrected chi connectivity index (χ0v) is 19.3. The summed E-state index contributed by atoms with van der Waals surface area (Å²) in [6.45, 7) is 7.06. The minimum absolute atomic E-state index is 0.0392. The molecule has 2 heterocycles. The summed E-state index contributed by atoms with van der Waals surface area (Å²) >= 11 is 3.53. The first-order valence-corrected chi connectivity index (χ1v) is 11.3. The Morgan fingerprint density at radius 3 is 2.83 bits per heavy atom. The fourth-order valence-electron chi connectivity index (χ4n) is 4.75. The van der Waals surface area contributed by atoms with E-state index in [-0.39, 0.29) is 29.9 Å². The molecule has 2 atom stereocenters. The lowest BCUT2D eigenvalue weighted by Gasteiger charge is -2.39. The van der Waals surface area contributed by atoms with Crippen LogP contribution >= 0.6 is 15.9 Å². The Balaban J connectivity index is 1.72. The van der Waals surface area contributed by atoms with Crippen LogP contribution in [0.3, 0.4) is 0 Å². The van der Waals surface area contributed by atoms with Gasteiger partial charge in [-0.05, 0) is 49.3 Å². The topological polar surface area (TPSA) is 64.6 Å². The first-order chi connectivity index (χ1) is 14.2. The van der Waals surface area contributed by atoms with E-state index in [0.717, 1.165) is 40.7 Å². The molecule has 30 heavy (non-hydrogen) atoms. The highest BCUT2D eigenvalue weighted by atomic mass is 79.9. The molecule has 0 bridgehead atoms. The fourth-order valence-corrected chi connectivity index (χ4v) is 5.17. The van der Waals surface area contributed by atoms with Crippen LogP contribution in [0.5, 0.6) is 0 Å². The van der Waals surface area contributed by atoms with Crippen molar-refractivity contribution in [1.82, 2.24) is 5.32 Å². The number of allylic oxidation sites excluding steroid dienone is 3. The first kappa shape index (κ1) is 21.3. The lowest BCUT2D eigenvalue weighted by Crippen LogP contribution is -2.39. The molecular weight excluding hydrogens is 446 g/mol. The molecule has 3 aliphatic rings. The van der Waals surface area contributed by atoms with E-state index in [1.165, 1.54) is 0 Å². The number of rotatable bonds is 4. The van der Waals surface area contributed by atoms with E-state index >= 15 is 0 Å². The van der Waals surface area contributed by atoms with Crippen LogP contribution in [0.25, 0.3) is 0 Å². The molecule has 0 radical (unpaired) electrons. The van der Waals surface area contributed by atoms with Crippen LogP contribution < -0.4 is 5.32 Å². The van der Waals surface area contributed by atoms with Gasteiger partial charge in [-0.25, -0.2) is 4.79 Å². The Hall–Kier alpha value is -1.92. The van der Waals surface area contributed by atoms with Gasteiger partial charge < -0.3 is 14.8 Å². The summed E-state index contributed by atoms with van der Waals surface area (Å²) < 4.78 is 12.2. The molecule has 1 N–H and O–H groups in total. The molecule has 1 fully saturated rings. The van der Waals surface area contributed by atoms with E-state index in [9.17, 15) is 9.59 Å². The second kappa shape index (κ2) is 8.31. The molecule has 0 aromatic heterocycles. The molecule has 1 aliphatic carbocycles. The van der Waals surface area contributed by atoms with Crippen molar-refractivity contribution >= 4 is 27.7 Å². The summed E-state index contributed by atoms with van der Waals surface area (Å²) in [5.41, 5.74) is 3.69. The van der Waals surface area contributed by atoms with Crippen LogP contribution in [0, 0.1) is 5.41 Å². The number of carbonyl (C=O) groups is 2. The van der Waals surface area contributed by atoms with Crippen molar-refractivity contribution in [2.45, 2.75) is 58.5 Å². The third-order valence-electron chi connectivity index (χ3n) is 6.07. The van der Waals surface area contributed by atoms with Crippen LogP contribution in [-0.4, -0.2) is 31.1 Å². The van der Waals surface area contributed by atoms with E-state index in [0.29, 0.717) is 24.2 Å². The fraction of sp³-hybridized carbons (Fsp3) is 0.500. The van der Waals surface area contributed by atoms with E-state index in [2.05, 4.69) is 35.1 Å². The largest absolute Gasteiger partial charge is 0.459 e. The van der Waals surface area contributed by atoms with Gasteiger partial charge in [0.1, 0.15) is 6.61 Å². The summed E-state index contributed by atoms with van der Waals surface area (Å²) in [7, 11) is 0. The standard InChI is InChI=1S/C24H28BrNO4/c1-14-20(23(28)30-13-17-8-5-9-29-17)21(15-6-4-7-16(25)10-15)22-18(26-14)11-24(2,3)12-19(22)27/h4,6-7,10,17,21,26H,5,8-9,11-13H2,1-3H3/t17-,21+/m0/s1. The molecule has 1 aromatic rings. The van der Waals surface area contributed by atoms with Gasteiger partial charge in [-0.2, -0.15) is 0 Å². The van der Waals surface area contributed by atoms with Crippen LogP contribution in [0.4, 0.5) is 0 Å². The van der Waals surface area contributed by atoms with Crippen molar-refractivity contribution in [3.8, 4) is 0 Å². The number of esters is 1. The Labute approximate surface area is 186 Å². The van der Waals surface area contributed by atoms with Gasteiger partial charge in [-0.1, -0.05) is 41.9 Å². The van der Waals surface area contributed by atoms with E-state index in [1.54, 1.807) is 0 Å². The van der Waals surface area contributed by atoms with Crippen LogP contribution in [-0.2, 0) is 19.1 Å². The number of ether oxygens (including phenoxy) is 2. The van der Waals surface area contributed by atoms with Gasteiger partial charge in [-0.15, -0.1) is 0 Å². The van der Waals surface area contributed by atoms with E-state index in [4.69, 9.17) is 9.47 Å². The molecule has 6 heteroatoms. The average Bonchev–Trinajstić information content (AvgIpc) is 3.17. The second-order valence-electron chi connectivity index (χ2n) is 9.22. The number of halogens is 1. The van der Waals surface area contributed by atoms with Gasteiger partial charge in [0.05, 0.1) is 11.7 Å². The van der Waals surface area contributed by atoms with Crippen molar-refractivity contribution in [1.29, 1.82) is 0 Å². The number of hydrogen-bond donors (Lipinski definition) is 1. The maximum Gasteiger partial charge on any atom is 0.336 e. The van der Waals surface area contributed by atoms with Gasteiger partial charge >= 0.3 is 5.97 Å². The molecule has 160 valence electrons. The van der Waals surface area contributed by atoms with E-state index in [1.807, 2.05) is 31.2 Å². The molecule has 1 saturated heterocycles. The average molecular weight is 474 g/mol. The number of ketones is 1. The molecule has 1 aromatic carbocycles. The summed E-state index contributed by atoms with van der Waals surface area (Å²) in [5, 5.41) is 3.37. The van der Waals surface area contributed by atoms with Gasteiger partial charge in [0.2, 0.25) is 0 Å². The normalized spacial score (nSPS) is 25.8. The number of nitrogens with one attached hydrogen (secondary N) is 1. The van der Waals surface area contributed by atoms with Crippen LogP contribution in [0.1, 0.15) is 57.9 Å². The SMILES string of the molecule is CC1=C(C(=O)OC[C@@H]2CCCO2)[C@@H](c2cccc(Br)c2)C2=C(CC(C)(C)CC2=O)N1. The summed E-state index contributed by atoms with van der Waals surface area (Å²) in [5.74, 6) is -0.723. The number of dihydropyridines is 1. The Morgan fingerprint density at radius 2 is 2.13 bits per heavy atom. The zero-order chi connectivity index (χ0) is 21.5. The number of carbonyl (C=O) groups excluding carboxylic acids is 2. The predicted octanol–water partition coefficient (Wildman–Crippen LogP) is 4.78. The van der Waals surface area contributed by atoms with Crippen LogP contribution in [0.15, 0.2) is 51.3 Å². The van der Waals surface area contributed by atoms with Crippen molar-refractivity contribution in [2.24, 2.45) is 5.41 Å². The number of hydrogen-bond acceptors (Lipinski definition) is 5. The molecular formula is C24H28BrNO4. The van der Waals surface area contributed by atoms with Gasteiger partial charge in [0.25, 0.3) is 0 Å². The maximum atomic E-state index is 13.3. The maximum absolute atomic E-state index is 13.3. The summed E-state index contributed by atoms with van der Waals surface area (Å²) in [6, 6.07) is 7.83. The minimum Gasteiger partial charge on any atom is -0.459 e. The van der Waals surface area contributed by atoms with Crippen molar-refractivity contribution in [3.05, 3.63) is 56.8 Å². The third kappa shape index (κ3) is 4.26. The molecule has 0 saturated carbocycles. The molecule has 4 rings (SSSR count). The van der Waals surface area contributed by atoms with Crippen molar-refractivity contribution in [3.63, 3.8) is 0 Å². The number of benzene rings is 1. The Morgan fingerprint density at radius 1 is 1.33 bits per heavy atom. The number of Topliss-reactive ketones (excluding diaryl/α,β-unsaturated/α-hetero) is 1. The quantitative estimate of drug-likeness (QED) is 0.637. The minimum atomic E-state index is -0.431. The Kier molecular flexibility index (Phi) is 5.90. The van der Waals surface area contributed by atoms with Crippen LogP contribution in [0.2, 0.25) is 0 Å². The lowest BCUT2D eigenvalue weighted by molar-refractivity contribution is -0.142. The molecule has 2 aliphatic heterocycles. The highest BCUT2D eigenvalue weighted by Crippen LogP contribution is 2.47. The molecule has 0 spiro atoms. The van der Waals surface area contributed by atoms with Crippen molar-refractivity contribution in [2.75, 3.05) is 13.2 Å². The second-order valence-corrected chi connectivity index (χ2v) is 10.1.